The number of phenolic OH excluding ortho intramolecular Hbond substituents is 1. The zero-order valence-corrected chi connectivity index (χ0v) is 88.4. The zero-order valence-electron chi connectivity index (χ0n) is 85.2. The van der Waals surface area contributed by atoms with E-state index in [2.05, 4.69) is 53.2 Å². The number of primary amides is 1. The number of allylic oxidation sites excluding steroid dienone is 4. The van der Waals surface area contributed by atoms with Crippen molar-refractivity contribution in [2.24, 2.45) is 23.3 Å². The number of epoxide rings is 1. The van der Waals surface area contributed by atoms with Crippen LogP contribution >= 0.6 is 45.0 Å². The summed E-state index contributed by atoms with van der Waals surface area (Å²) in [6.45, 7) is 11.0. The first-order valence-electron chi connectivity index (χ1n) is 49.6. The first-order chi connectivity index (χ1) is 71.0. The molecule has 15 amide bonds. The molecule has 149 heavy (non-hydrogen) atoms. The van der Waals surface area contributed by atoms with Gasteiger partial charge in [0.1, 0.15) is 94.8 Å². The van der Waals surface area contributed by atoms with E-state index in [1.54, 1.807) is 58.0 Å². The molecule has 1 unspecified atom stereocenters. The van der Waals surface area contributed by atoms with Crippen molar-refractivity contribution in [2.75, 3.05) is 96.5 Å². The Bertz CT molecular complexity index is 5780. The van der Waals surface area contributed by atoms with Gasteiger partial charge in [-0.3, -0.25) is 77.3 Å². The number of anilines is 1. The second-order valence-corrected chi connectivity index (χ2v) is 42.6. The van der Waals surface area contributed by atoms with Crippen LogP contribution in [0.1, 0.15) is 140 Å². The fourth-order valence-electron chi connectivity index (χ4n) is 18.1. The zero-order chi connectivity index (χ0) is 108. The number of hydrogen-bond donors (Lipinski definition) is 15. The van der Waals surface area contributed by atoms with Crippen LogP contribution in [0.4, 0.5) is 10.5 Å². The number of halogens is 1. The van der Waals surface area contributed by atoms with Gasteiger partial charge < -0.3 is 118 Å². The molecule has 5 heterocycles. The molecule has 0 radical (unpaired) electrons. The summed E-state index contributed by atoms with van der Waals surface area (Å²) in [6.07, 6.45) is 0.0380. The van der Waals surface area contributed by atoms with Crippen LogP contribution < -0.4 is 74.3 Å². The number of imide groups is 1. The summed E-state index contributed by atoms with van der Waals surface area (Å²) in [7, 11) is 7.59. The van der Waals surface area contributed by atoms with Crippen molar-refractivity contribution >= 4 is 162 Å². The molecular formula is C104H136ClN15O26S3. The molecule has 5 aromatic rings. The molecule has 18 atom stereocenters. The van der Waals surface area contributed by atoms with E-state index >= 15 is 19.2 Å². The molecule has 5 aromatic carbocycles. The molecule has 0 aromatic heterocycles. The van der Waals surface area contributed by atoms with E-state index in [1.807, 2.05) is 79.7 Å². The highest BCUT2D eigenvalue weighted by Gasteiger charge is 2.65. The number of nitrogens with one attached hydrogen (secondary N) is 10. The van der Waals surface area contributed by atoms with Crippen molar-refractivity contribution in [2.45, 2.75) is 240 Å². The lowest BCUT2D eigenvalue weighted by molar-refractivity contribution is -0.162. The number of nitrogens with zero attached hydrogens (tertiary/aromatic N) is 3. The molecule has 1 aliphatic carbocycles. The molecule has 0 saturated carbocycles. The van der Waals surface area contributed by atoms with E-state index < -0.39 is 214 Å². The van der Waals surface area contributed by atoms with E-state index in [0.717, 1.165) is 76.2 Å². The lowest BCUT2D eigenvalue weighted by Gasteiger charge is -2.42. The van der Waals surface area contributed by atoms with Crippen LogP contribution in [0.15, 0.2) is 133 Å². The third-order valence-electron chi connectivity index (χ3n) is 27.0. The number of methoxy groups -OCH3 is 2. The Labute approximate surface area is 881 Å². The smallest absolute Gasteiger partial charge is 0.409 e. The standard InChI is InChI=1S/C104H136ClN15O26S3/c1-57(2)89-99(135)114-76(98(134)116-90(61(6)121)92(107)128)56-149-148-55-75(97(133)111-73(47-62-27-32-69(122)33-28-62)95(131)112-74(51-68-31-30-66-21-14-15-23-70(66)68)96(132)110-71(93(129)115-89)24-16-17-37-106)113-94(130)72(48-63-26-29-65-20-12-13-22-67(65)46-63)109-84(124)35-40-142-42-43-143-41-38-108-83(123)34-39-120-87(127)52-80(100(120)136)147-44-36-85(125)118(8)60(5)101(137)145-82-53-86(126)119(9)77-49-64(50-78(140-10)88(77)105)45-58(3)19-18-25-81(141-11)104(139)54-79(144-102(138)117-104)59(4)91-103(82,7)146-91/h12-15,18-23,25-29,31-33,46,49-50,57,59-61,71-76,79-82,89-91,121-122,139H,16-17,24,30,34-45,47-48,51-56,106H2,1-11H3,(H2,107,128)(H,108,123)(H,109,124)(H,110,132)(H,111,133)(H,112,131)(H,113,130)(H,114,135)(H,115,129)(H,116,134)(H,117,138)/b25-18+,58-19+/t59-,60+,61-,71+,72-,73+,74-,75+,76-,79+,80?,81-,82+,89+,90+,91+,103+,104+/m1/s1. The molecule has 11 rings (SSSR count). The van der Waals surface area contributed by atoms with Gasteiger partial charge in [0.15, 0.2) is 5.72 Å². The summed E-state index contributed by atoms with van der Waals surface area (Å²) in [6, 6.07) is 16.4. The molecule has 4 saturated heterocycles. The van der Waals surface area contributed by atoms with Crippen LogP contribution in [-0.2, 0) is 126 Å². The molecule has 6 aliphatic rings. The fourth-order valence-corrected chi connectivity index (χ4v) is 21.8. The molecular weight excluding hydrogens is 2010 g/mol. The Hall–Kier alpha value is -12.2. The number of unbranched alkanes of at least 4 members (excludes halogenated alkanes) is 1. The van der Waals surface area contributed by atoms with Gasteiger partial charge in [-0.05, 0) is 141 Å². The number of rotatable bonds is 39. The minimum Gasteiger partial charge on any atom is -0.508 e. The Morgan fingerprint density at radius 2 is 1.43 bits per heavy atom. The SMILES string of the molecule is COc1cc2cc(c1Cl)N(C)C(=O)C[C@H](OC(=O)[C@H](C)N(C)C(=O)CCSC1CC(=O)N(CCC(=O)NCCOCCOCCC(=O)N[C@H](Cc3ccc4ccccc4c3)C(=O)N[C@H]3CSSC[C@H](C(=O)N[C@H](C(N)=O)[C@@H](C)O)NC(=O)[C@H](C(C)C)NC(=O)[C@H](CCCCN)NC(=O)[C@@H](CC4=CCc5ccccc54)NC(=O)[C@H](Cc4ccc(O)cc4)NC3=O)C1=O)[C@]1(C)O[C@H]1[C@H](C)[C@@H]1C[C@@](O)(NC(=O)O1)[C@H](OC)/C=C/C=C(\C)C2. The topological polar surface area (TPSA) is 584 Å². The number of benzene rings is 5. The average molecular weight is 2140 g/mol. The van der Waals surface area contributed by atoms with Gasteiger partial charge in [-0.15, -0.1) is 11.8 Å². The molecule has 808 valence electrons. The Morgan fingerprint density at radius 1 is 0.752 bits per heavy atom. The van der Waals surface area contributed by atoms with Gasteiger partial charge in [0.05, 0.1) is 63.1 Å². The number of phenols is 1. The number of thioether (sulfide) groups is 1. The maximum absolute atomic E-state index is 15.5. The number of carbonyl (C=O) groups excluding carboxylic acids is 16. The summed E-state index contributed by atoms with van der Waals surface area (Å²) in [5, 5.41) is 61.0. The normalized spacial score (nSPS) is 25.2. The molecule has 4 bridgehead atoms. The second kappa shape index (κ2) is 55.0. The van der Waals surface area contributed by atoms with Gasteiger partial charge in [-0.2, -0.15) is 0 Å². The second-order valence-electron chi connectivity index (χ2n) is 38.4. The van der Waals surface area contributed by atoms with Crippen LogP contribution in [0, 0.1) is 11.8 Å². The molecule has 41 nitrogen and oxygen atoms in total. The number of likely N-dealkylation sites (tertiary alicyclic amines) is 1. The maximum atomic E-state index is 15.5. The number of carbonyl (C=O) groups is 16. The predicted octanol–water partition coefficient (Wildman–Crippen LogP) is 3.99. The predicted molar refractivity (Wildman–Crippen MR) is 558 cm³/mol. The monoisotopic (exact) mass is 2140 g/mol. The van der Waals surface area contributed by atoms with E-state index in [4.69, 9.17) is 56.2 Å². The van der Waals surface area contributed by atoms with Crippen molar-refractivity contribution in [3.63, 3.8) is 0 Å². The fraction of sp³-hybridized carbons (Fsp3) is 0.519. The lowest BCUT2D eigenvalue weighted by Crippen LogP contribution is -2.63. The summed E-state index contributed by atoms with van der Waals surface area (Å²) in [5.41, 5.74) is 13.5. The van der Waals surface area contributed by atoms with Crippen molar-refractivity contribution in [3.8, 4) is 11.5 Å². The lowest BCUT2D eigenvalue weighted by atomic mass is 9.83. The minimum atomic E-state index is -1.94. The van der Waals surface area contributed by atoms with Gasteiger partial charge in [-0.1, -0.05) is 163 Å². The van der Waals surface area contributed by atoms with Gasteiger partial charge in [0, 0.05) is 109 Å². The van der Waals surface area contributed by atoms with E-state index in [1.165, 1.54) is 71.3 Å². The van der Waals surface area contributed by atoms with Crippen molar-refractivity contribution in [3.05, 3.63) is 166 Å². The molecule has 0 spiro atoms. The van der Waals surface area contributed by atoms with Crippen LogP contribution in [0.2, 0.25) is 5.02 Å². The molecule has 17 N–H and O–H groups in total. The van der Waals surface area contributed by atoms with Gasteiger partial charge in [0.25, 0.3) is 0 Å². The largest absolute Gasteiger partial charge is 0.508 e. The number of esters is 1. The number of aliphatic hydroxyl groups is 2. The third kappa shape index (κ3) is 32.4. The minimum absolute atomic E-state index is 0.00100. The number of fused-ring (bicyclic) bond motifs is 7. The maximum Gasteiger partial charge on any atom is 0.409 e. The summed E-state index contributed by atoms with van der Waals surface area (Å²) >= 11 is 7.94. The number of hydrogen-bond acceptors (Lipinski definition) is 30. The number of nitrogens with two attached hydrogens (primary N) is 2. The summed E-state index contributed by atoms with van der Waals surface area (Å²) in [4.78, 5) is 231. The Morgan fingerprint density at radius 3 is 2.13 bits per heavy atom. The van der Waals surface area contributed by atoms with E-state index in [9.17, 15) is 72.9 Å². The van der Waals surface area contributed by atoms with Crippen LogP contribution in [0.5, 0.6) is 11.5 Å². The number of amides is 15. The van der Waals surface area contributed by atoms with Crippen LogP contribution in [-0.4, -0.2) is 313 Å². The van der Waals surface area contributed by atoms with Gasteiger partial charge in [0.2, 0.25) is 82.7 Å². The van der Waals surface area contributed by atoms with Crippen LogP contribution in [0.25, 0.3) is 16.3 Å². The third-order valence-corrected chi connectivity index (χ3v) is 31.0. The van der Waals surface area contributed by atoms with Crippen LogP contribution in [0.3, 0.4) is 0 Å². The summed E-state index contributed by atoms with van der Waals surface area (Å²) < 4.78 is 41.1. The number of ether oxygens (including phenoxy) is 7. The first-order valence-corrected chi connectivity index (χ1v) is 53.5. The highest BCUT2D eigenvalue weighted by molar-refractivity contribution is 8.76. The van der Waals surface area contributed by atoms with Crippen molar-refractivity contribution in [1.29, 1.82) is 0 Å². The van der Waals surface area contributed by atoms with Gasteiger partial charge >= 0.3 is 12.1 Å². The van der Waals surface area contributed by atoms with Gasteiger partial charge in [-0.25, -0.2) is 9.59 Å². The number of aliphatic hydroxyl groups excluding tert-OH is 1. The Balaban J connectivity index is 0.688. The number of likely N-dealkylation sites (N-methyl/N-ethyl adjacent to an activating group) is 1. The average Bonchev–Trinajstić information content (AvgIpc) is 1.57. The Kier molecular flexibility index (Phi) is 43.2. The molecule has 5 aliphatic heterocycles. The quantitative estimate of drug-likeness (QED) is 0.00869. The van der Waals surface area contributed by atoms with E-state index in [-0.39, 0.29) is 138 Å². The highest BCUT2D eigenvalue weighted by atomic mass is 35.5. The van der Waals surface area contributed by atoms with E-state index in [0.29, 0.717) is 48.1 Å². The first kappa shape index (κ1) is 117. The van der Waals surface area contributed by atoms with Crippen molar-refractivity contribution in [1.82, 2.24) is 63.0 Å². The highest BCUT2D eigenvalue weighted by Crippen LogP contribution is 2.50. The van der Waals surface area contributed by atoms with Crippen molar-refractivity contribution < 1.29 is 125 Å². The molecule has 4 fully saturated rings. The number of aromatic hydroxyl groups is 1. The summed E-state index contributed by atoms with van der Waals surface area (Å²) in [5.74, 6) is -13.3. The number of alkyl carbamates (subject to hydrolysis) is 1. The molecule has 45 heteroatoms.